The molecule has 1 saturated heterocycles. The summed E-state index contributed by atoms with van der Waals surface area (Å²) in [6, 6.07) is 8.39. The number of rotatable bonds is 11. The fourth-order valence-corrected chi connectivity index (χ4v) is 9.69. The van der Waals surface area contributed by atoms with Crippen LogP contribution >= 0.6 is 11.3 Å². The average molecular weight is 865 g/mol. The number of carbonyl (C=O) groups is 4. The lowest BCUT2D eigenvalue weighted by Crippen LogP contribution is -2.60. The molecule has 322 valence electrons. The molecule has 16 nitrogen and oxygen atoms in total. The van der Waals surface area contributed by atoms with Gasteiger partial charge < -0.3 is 34.9 Å². The number of sulfonamides is 1. The number of nitrogens with one attached hydrogen (secondary N) is 3. The summed E-state index contributed by atoms with van der Waals surface area (Å²) in [7, 11) is -4.04. The van der Waals surface area contributed by atoms with E-state index in [0.717, 1.165) is 10.4 Å². The average Bonchev–Trinajstić information content (AvgIpc) is 3.95. The third-order valence-electron chi connectivity index (χ3n) is 11.6. The van der Waals surface area contributed by atoms with Crippen LogP contribution in [-0.2, 0) is 29.1 Å². The first-order valence-corrected chi connectivity index (χ1v) is 22.7. The summed E-state index contributed by atoms with van der Waals surface area (Å²) in [5.74, 6) is -1.66. The van der Waals surface area contributed by atoms with Gasteiger partial charge in [-0.3, -0.25) is 24.1 Å². The van der Waals surface area contributed by atoms with Gasteiger partial charge in [-0.2, -0.15) is 0 Å². The van der Waals surface area contributed by atoms with Gasteiger partial charge in [-0.15, -0.1) is 11.3 Å². The molecular formula is C42H52N6O10S2. The van der Waals surface area contributed by atoms with Crippen molar-refractivity contribution in [3.63, 3.8) is 0 Å². The summed E-state index contributed by atoms with van der Waals surface area (Å²) < 4.78 is 46.3. The van der Waals surface area contributed by atoms with Crippen molar-refractivity contribution in [2.45, 2.75) is 126 Å². The summed E-state index contributed by atoms with van der Waals surface area (Å²) in [6.07, 6.45) is 4.13. The summed E-state index contributed by atoms with van der Waals surface area (Å²) in [5.41, 5.74) is 2.07. The number of amides is 4. The van der Waals surface area contributed by atoms with Gasteiger partial charge in [0.25, 0.3) is 5.91 Å². The second-order valence-corrected chi connectivity index (χ2v) is 19.7. The number of fused-ring (bicyclic) bond motifs is 2. The largest absolute Gasteiger partial charge is 0.491 e. The van der Waals surface area contributed by atoms with Gasteiger partial charge in [0, 0.05) is 36.2 Å². The number of nitrogens with zero attached hydrogens (tertiary/aromatic N) is 3. The van der Waals surface area contributed by atoms with E-state index in [9.17, 15) is 32.7 Å². The molecule has 4 amide bonds. The lowest BCUT2D eigenvalue weighted by Gasteiger charge is -2.33. The SMILES string of the molecule is CC[C@@H]1O[C@H](C)CC/C=C\[C@@H]2C[C@@]2(C(=O)NS(=O)(=O)C2(C)CC2)NC(=O)[C@@H]2C[C@@H](Oc3cc(-c4ccc(OC(C)C)cc4)nc(-c4cncs4)c3)CN2C(=O)[C@H]1NC(=O)O. The molecule has 0 spiro atoms. The van der Waals surface area contributed by atoms with Crippen LogP contribution in [0.3, 0.4) is 0 Å². The maximum atomic E-state index is 14.7. The van der Waals surface area contributed by atoms with E-state index in [4.69, 9.17) is 19.2 Å². The second kappa shape index (κ2) is 17.1. The van der Waals surface area contributed by atoms with E-state index in [-0.39, 0.29) is 38.0 Å². The minimum Gasteiger partial charge on any atom is -0.491 e. The number of ether oxygens (including phenoxy) is 3. The van der Waals surface area contributed by atoms with Crippen LogP contribution < -0.4 is 24.8 Å². The Balaban J connectivity index is 1.23. The van der Waals surface area contributed by atoms with Crippen molar-refractivity contribution in [3.05, 3.63) is 60.3 Å². The van der Waals surface area contributed by atoms with Crippen LogP contribution in [0.1, 0.15) is 79.6 Å². The Morgan fingerprint density at radius 1 is 1.13 bits per heavy atom. The Morgan fingerprint density at radius 2 is 1.87 bits per heavy atom. The molecule has 3 fully saturated rings. The van der Waals surface area contributed by atoms with Crippen molar-refractivity contribution in [2.75, 3.05) is 6.54 Å². The number of carboxylic acid groups (broad SMARTS) is 1. The molecule has 0 radical (unpaired) electrons. The van der Waals surface area contributed by atoms with Gasteiger partial charge in [0.1, 0.15) is 35.2 Å². The van der Waals surface area contributed by atoms with E-state index in [1.54, 1.807) is 43.8 Å². The molecule has 3 aromatic rings. The van der Waals surface area contributed by atoms with Gasteiger partial charge in [-0.1, -0.05) is 19.1 Å². The fourth-order valence-electron chi connectivity index (χ4n) is 7.79. The summed E-state index contributed by atoms with van der Waals surface area (Å²) in [5, 5.41) is 15.1. The van der Waals surface area contributed by atoms with Gasteiger partial charge in [0.05, 0.1) is 51.4 Å². The Morgan fingerprint density at radius 3 is 2.52 bits per heavy atom. The highest BCUT2D eigenvalue weighted by Crippen LogP contribution is 2.47. The van der Waals surface area contributed by atoms with E-state index < -0.39 is 74.3 Å². The quantitative estimate of drug-likeness (QED) is 0.186. The third-order valence-corrected chi connectivity index (χ3v) is 14.5. The molecular weight excluding hydrogens is 813 g/mol. The number of hydrogen-bond acceptors (Lipinski definition) is 12. The van der Waals surface area contributed by atoms with E-state index in [1.165, 1.54) is 16.2 Å². The number of pyridine rings is 1. The Hall–Kier alpha value is -5.07. The van der Waals surface area contributed by atoms with E-state index in [0.29, 0.717) is 48.6 Å². The first-order chi connectivity index (χ1) is 28.5. The van der Waals surface area contributed by atoms with Crippen molar-refractivity contribution < 1.29 is 46.9 Å². The van der Waals surface area contributed by atoms with Gasteiger partial charge in [0.2, 0.25) is 21.8 Å². The molecule has 7 rings (SSSR count). The normalized spacial score (nSPS) is 28.3. The lowest BCUT2D eigenvalue weighted by molar-refractivity contribution is -0.145. The predicted octanol–water partition coefficient (Wildman–Crippen LogP) is 5.05. The smallest absolute Gasteiger partial charge is 0.405 e. The zero-order chi connectivity index (χ0) is 43.0. The van der Waals surface area contributed by atoms with Crippen LogP contribution in [0.15, 0.2) is 60.3 Å². The molecule has 4 heterocycles. The van der Waals surface area contributed by atoms with Crippen LogP contribution in [0.4, 0.5) is 4.79 Å². The van der Waals surface area contributed by atoms with Crippen LogP contribution in [0.5, 0.6) is 11.5 Å². The molecule has 2 aliphatic carbocycles. The first kappa shape index (κ1) is 43.0. The van der Waals surface area contributed by atoms with E-state index in [2.05, 4.69) is 20.3 Å². The molecule has 0 bridgehead atoms. The lowest BCUT2D eigenvalue weighted by atomic mass is 10.0. The maximum Gasteiger partial charge on any atom is 0.405 e. The summed E-state index contributed by atoms with van der Waals surface area (Å²) in [4.78, 5) is 66.5. The molecule has 2 saturated carbocycles. The Bertz CT molecular complexity index is 2230. The Kier molecular flexibility index (Phi) is 12.3. The van der Waals surface area contributed by atoms with Gasteiger partial charge in [-0.25, -0.2) is 18.2 Å². The van der Waals surface area contributed by atoms with Crippen LogP contribution in [0, 0.1) is 5.92 Å². The number of hydrogen-bond donors (Lipinski definition) is 4. The minimum atomic E-state index is -4.04. The summed E-state index contributed by atoms with van der Waals surface area (Å²) >= 11 is 1.40. The predicted molar refractivity (Wildman–Crippen MR) is 223 cm³/mol. The van der Waals surface area contributed by atoms with Crippen molar-refractivity contribution in [3.8, 4) is 33.3 Å². The molecule has 4 aliphatic rings. The van der Waals surface area contributed by atoms with Crippen LogP contribution in [0.2, 0.25) is 0 Å². The molecule has 2 aromatic heterocycles. The van der Waals surface area contributed by atoms with Crippen LogP contribution in [-0.4, -0.2) is 106 Å². The van der Waals surface area contributed by atoms with Crippen molar-refractivity contribution in [1.29, 1.82) is 0 Å². The standard InChI is InChI=1S/C42H52N6O10S2/c1-6-34-36(45-40(52)53)38(50)48-22-30(58-29-17-31(44-32(18-29)35-21-43-23-59-35)26-11-13-28(14-12-26)56-24(2)3)19-33(48)37(49)46-42(20-27(42)10-8-7-9-25(4)57-34)39(51)47-60(54,55)41(5)15-16-41/h8,10-14,17-18,21,23-25,27,30,33-34,36,45H,6-7,9,15-16,19-20,22H2,1-5H3,(H,46,49)(H,47,51)(H,52,53)/b10-8-/t25-,27-,30-,33+,34+,36+,42-/m1/s1. The molecule has 60 heavy (non-hydrogen) atoms. The molecule has 0 unspecified atom stereocenters. The zero-order valence-corrected chi connectivity index (χ0v) is 35.9. The molecule has 7 atom stereocenters. The van der Waals surface area contributed by atoms with Crippen LogP contribution in [0.25, 0.3) is 21.8 Å². The monoisotopic (exact) mass is 864 g/mol. The third kappa shape index (κ3) is 9.29. The highest BCUT2D eigenvalue weighted by atomic mass is 32.2. The molecule has 2 aliphatic heterocycles. The number of thiazole rings is 1. The zero-order valence-electron chi connectivity index (χ0n) is 34.3. The van der Waals surface area contributed by atoms with Crippen molar-refractivity contribution in [1.82, 2.24) is 30.2 Å². The minimum absolute atomic E-state index is 0.00495. The fraction of sp³-hybridized carbons (Fsp3) is 0.524. The highest BCUT2D eigenvalue weighted by molar-refractivity contribution is 7.91. The number of benzene rings is 1. The second-order valence-electron chi connectivity index (χ2n) is 16.6. The van der Waals surface area contributed by atoms with Crippen molar-refractivity contribution >= 4 is 45.2 Å². The molecule has 1 aromatic carbocycles. The number of aromatic nitrogens is 2. The topological polar surface area (TPSA) is 215 Å². The maximum absolute atomic E-state index is 14.7. The van der Waals surface area contributed by atoms with Crippen molar-refractivity contribution in [2.24, 2.45) is 5.92 Å². The van der Waals surface area contributed by atoms with E-state index in [1.807, 2.05) is 51.1 Å². The summed E-state index contributed by atoms with van der Waals surface area (Å²) in [6.45, 7) is 8.96. The van der Waals surface area contributed by atoms with Gasteiger partial charge >= 0.3 is 6.09 Å². The molecule has 4 N–H and O–H groups in total. The molecule has 18 heteroatoms. The van der Waals surface area contributed by atoms with E-state index >= 15 is 0 Å². The van der Waals surface area contributed by atoms with Gasteiger partial charge in [0.15, 0.2) is 0 Å². The number of allylic oxidation sites excluding steroid dienone is 1. The number of carbonyl (C=O) groups excluding carboxylic acids is 3. The van der Waals surface area contributed by atoms with Gasteiger partial charge in [-0.05, 0) is 90.5 Å². The highest BCUT2D eigenvalue weighted by Gasteiger charge is 2.63. The first-order valence-electron chi connectivity index (χ1n) is 20.4. The Labute approximate surface area is 353 Å².